The number of nitrogens with zero attached hydrogens (tertiary/aromatic N) is 1. The number of esters is 1. The van der Waals surface area contributed by atoms with E-state index in [0.717, 1.165) is 16.7 Å². The van der Waals surface area contributed by atoms with Crippen LogP contribution in [-0.4, -0.2) is 11.1 Å². The van der Waals surface area contributed by atoms with Gasteiger partial charge in [0.2, 0.25) is 0 Å². The molecular formula is C21H18FNO3. The molecule has 0 unspecified atom stereocenters. The highest BCUT2D eigenvalue weighted by molar-refractivity contribution is 5.87. The van der Waals surface area contributed by atoms with E-state index in [4.69, 9.17) is 9.26 Å². The third-order valence-corrected chi connectivity index (χ3v) is 3.97. The molecule has 0 fully saturated rings. The molecule has 0 bridgehead atoms. The molecule has 4 nitrogen and oxygen atoms in total. The minimum atomic E-state index is -0.462. The lowest BCUT2D eigenvalue weighted by atomic mass is 10.1. The largest absolute Gasteiger partial charge is 0.456 e. The summed E-state index contributed by atoms with van der Waals surface area (Å²) in [5.74, 6) is -0.247. The number of hydrogen-bond donors (Lipinski definition) is 0. The Morgan fingerprint density at radius 3 is 2.50 bits per heavy atom. The summed E-state index contributed by atoms with van der Waals surface area (Å²) in [4.78, 5) is 11.9. The van der Waals surface area contributed by atoms with Crippen LogP contribution in [-0.2, 0) is 16.1 Å². The summed E-state index contributed by atoms with van der Waals surface area (Å²) in [5, 5.41) is 3.94. The van der Waals surface area contributed by atoms with E-state index < -0.39 is 5.97 Å². The number of aryl methyl sites for hydroxylation is 1. The van der Waals surface area contributed by atoms with Gasteiger partial charge in [0.25, 0.3) is 0 Å². The van der Waals surface area contributed by atoms with E-state index in [1.807, 2.05) is 38.1 Å². The molecule has 0 amide bonds. The minimum Gasteiger partial charge on any atom is -0.456 e. The lowest BCUT2D eigenvalue weighted by molar-refractivity contribution is -0.139. The molecule has 0 aliphatic rings. The van der Waals surface area contributed by atoms with Crippen molar-refractivity contribution in [3.05, 3.63) is 82.8 Å². The van der Waals surface area contributed by atoms with Gasteiger partial charge in [-0.3, -0.25) is 0 Å². The molecule has 1 heterocycles. The number of hydrogen-bond acceptors (Lipinski definition) is 4. The highest BCUT2D eigenvalue weighted by Gasteiger charge is 2.15. The number of carbonyl (C=O) groups excluding carboxylic acids is 1. The summed E-state index contributed by atoms with van der Waals surface area (Å²) >= 11 is 0. The molecule has 0 saturated heterocycles. The van der Waals surface area contributed by atoms with E-state index in [0.29, 0.717) is 17.0 Å². The average Bonchev–Trinajstić information content (AvgIpc) is 3.01. The maximum atomic E-state index is 13.0. The second kappa shape index (κ2) is 7.78. The third kappa shape index (κ3) is 4.25. The zero-order valence-electron chi connectivity index (χ0n) is 14.5. The van der Waals surface area contributed by atoms with Crippen molar-refractivity contribution in [3.8, 4) is 11.3 Å². The van der Waals surface area contributed by atoms with Crippen LogP contribution in [0.25, 0.3) is 17.4 Å². The molecule has 1 aromatic heterocycles. The number of ether oxygens (including phenoxy) is 1. The predicted molar refractivity (Wildman–Crippen MR) is 96.6 cm³/mol. The highest BCUT2D eigenvalue weighted by Crippen LogP contribution is 2.26. The molecule has 3 aromatic rings. The molecule has 132 valence electrons. The van der Waals surface area contributed by atoms with Gasteiger partial charge in [-0.15, -0.1) is 0 Å². The van der Waals surface area contributed by atoms with E-state index in [1.54, 1.807) is 18.2 Å². The first-order chi connectivity index (χ1) is 12.5. The summed E-state index contributed by atoms with van der Waals surface area (Å²) in [5.41, 5.74) is 4.08. The van der Waals surface area contributed by atoms with Crippen molar-refractivity contribution in [3.63, 3.8) is 0 Å². The molecule has 0 spiro atoms. The topological polar surface area (TPSA) is 52.3 Å². The summed E-state index contributed by atoms with van der Waals surface area (Å²) in [7, 11) is 0. The molecule has 3 rings (SSSR count). The highest BCUT2D eigenvalue weighted by atomic mass is 19.1. The Labute approximate surface area is 150 Å². The van der Waals surface area contributed by atoms with E-state index in [-0.39, 0.29) is 12.4 Å². The van der Waals surface area contributed by atoms with E-state index in [2.05, 4.69) is 5.16 Å². The second-order valence-corrected chi connectivity index (χ2v) is 5.94. The van der Waals surface area contributed by atoms with Crippen LogP contribution in [0, 0.1) is 19.7 Å². The fourth-order valence-corrected chi connectivity index (χ4v) is 2.40. The standard InChI is InChI=1S/C21H18FNO3/c1-14-3-5-16(6-4-14)7-12-20(24)25-13-19-15(2)21(26-23-19)17-8-10-18(22)11-9-17/h3-12H,13H2,1-2H3/b12-7+. The first-order valence-corrected chi connectivity index (χ1v) is 8.15. The van der Waals surface area contributed by atoms with Crippen molar-refractivity contribution in [2.45, 2.75) is 20.5 Å². The van der Waals surface area contributed by atoms with E-state index in [9.17, 15) is 9.18 Å². The van der Waals surface area contributed by atoms with Crippen molar-refractivity contribution in [2.24, 2.45) is 0 Å². The Kier molecular flexibility index (Phi) is 5.27. The van der Waals surface area contributed by atoms with Crippen LogP contribution in [0.5, 0.6) is 0 Å². The van der Waals surface area contributed by atoms with Gasteiger partial charge in [0.1, 0.15) is 18.1 Å². The fraction of sp³-hybridized carbons (Fsp3) is 0.143. The number of carbonyl (C=O) groups is 1. The zero-order chi connectivity index (χ0) is 18.5. The minimum absolute atomic E-state index is 0.00754. The molecule has 26 heavy (non-hydrogen) atoms. The number of rotatable bonds is 5. The van der Waals surface area contributed by atoms with Gasteiger partial charge in [-0.2, -0.15) is 0 Å². The van der Waals surface area contributed by atoms with Crippen LogP contribution in [0.3, 0.4) is 0 Å². The lowest BCUT2D eigenvalue weighted by Gasteiger charge is -2.00. The Balaban J connectivity index is 1.62. The van der Waals surface area contributed by atoms with Crippen LogP contribution in [0.15, 0.2) is 59.1 Å². The fourth-order valence-electron chi connectivity index (χ4n) is 2.40. The van der Waals surface area contributed by atoms with Crippen LogP contribution in [0.1, 0.15) is 22.4 Å². The zero-order valence-corrected chi connectivity index (χ0v) is 14.5. The van der Waals surface area contributed by atoms with Crippen LogP contribution in [0.2, 0.25) is 0 Å². The first-order valence-electron chi connectivity index (χ1n) is 8.15. The maximum absolute atomic E-state index is 13.0. The summed E-state index contributed by atoms with van der Waals surface area (Å²) in [6.45, 7) is 3.83. The van der Waals surface area contributed by atoms with Crippen LogP contribution < -0.4 is 0 Å². The lowest BCUT2D eigenvalue weighted by Crippen LogP contribution is -2.02. The van der Waals surface area contributed by atoms with E-state index in [1.165, 1.54) is 18.2 Å². The quantitative estimate of drug-likeness (QED) is 0.487. The van der Waals surface area contributed by atoms with Gasteiger partial charge in [0.15, 0.2) is 5.76 Å². The Morgan fingerprint density at radius 2 is 1.81 bits per heavy atom. The van der Waals surface area contributed by atoms with Gasteiger partial charge in [-0.1, -0.05) is 35.0 Å². The SMILES string of the molecule is Cc1ccc(/C=C/C(=O)OCc2noc(-c3ccc(F)cc3)c2C)cc1. The summed E-state index contributed by atoms with van der Waals surface area (Å²) in [6, 6.07) is 13.7. The van der Waals surface area contributed by atoms with Gasteiger partial charge in [-0.05, 0) is 49.8 Å². The van der Waals surface area contributed by atoms with Gasteiger partial charge in [0, 0.05) is 17.2 Å². The maximum Gasteiger partial charge on any atom is 0.331 e. The summed E-state index contributed by atoms with van der Waals surface area (Å²) < 4.78 is 23.5. The molecule has 2 aromatic carbocycles. The van der Waals surface area contributed by atoms with Gasteiger partial charge >= 0.3 is 5.97 Å². The number of aromatic nitrogens is 1. The van der Waals surface area contributed by atoms with Crippen molar-refractivity contribution >= 4 is 12.0 Å². The molecule has 0 N–H and O–H groups in total. The number of benzene rings is 2. The smallest absolute Gasteiger partial charge is 0.331 e. The predicted octanol–water partition coefficient (Wildman–Crippen LogP) is 4.85. The van der Waals surface area contributed by atoms with Gasteiger partial charge in [0.05, 0.1) is 0 Å². The van der Waals surface area contributed by atoms with E-state index >= 15 is 0 Å². The molecule has 0 radical (unpaired) electrons. The molecule has 5 heteroatoms. The van der Waals surface area contributed by atoms with Crippen molar-refractivity contribution in [1.29, 1.82) is 0 Å². The van der Waals surface area contributed by atoms with Gasteiger partial charge in [-0.25, -0.2) is 9.18 Å². The molecular weight excluding hydrogens is 333 g/mol. The normalized spacial score (nSPS) is 11.0. The molecule has 0 aliphatic heterocycles. The van der Waals surface area contributed by atoms with Crippen molar-refractivity contribution in [2.75, 3.05) is 0 Å². The van der Waals surface area contributed by atoms with Crippen molar-refractivity contribution in [1.82, 2.24) is 5.16 Å². The van der Waals surface area contributed by atoms with Crippen LogP contribution >= 0.6 is 0 Å². The third-order valence-electron chi connectivity index (χ3n) is 3.97. The van der Waals surface area contributed by atoms with Crippen molar-refractivity contribution < 1.29 is 18.4 Å². The molecule has 0 saturated carbocycles. The first kappa shape index (κ1) is 17.6. The van der Waals surface area contributed by atoms with Gasteiger partial charge < -0.3 is 9.26 Å². The van der Waals surface area contributed by atoms with Crippen LogP contribution in [0.4, 0.5) is 4.39 Å². The monoisotopic (exact) mass is 351 g/mol. The number of halogens is 1. The molecule has 0 aliphatic carbocycles. The average molecular weight is 351 g/mol. The second-order valence-electron chi connectivity index (χ2n) is 5.94. The molecule has 0 atom stereocenters. The Bertz CT molecular complexity index is 925. The Morgan fingerprint density at radius 1 is 1.12 bits per heavy atom. The Hall–Kier alpha value is -3.21. The summed E-state index contributed by atoms with van der Waals surface area (Å²) in [6.07, 6.45) is 3.07.